The van der Waals surface area contributed by atoms with Crippen LogP contribution in [0.25, 0.3) is 11.4 Å². The van der Waals surface area contributed by atoms with Crippen LogP contribution < -0.4 is 5.32 Å². The fraction of sp³-hybridized carbons (Fsp3) is 0.429. The first-order chi connectivity index (χ1) is 9.99. The zero-order chi connectivity index (χ0) is 15.0. The molecular formula is C14H14F3N3O. The molecule has 0 spiro atoms. The van der Waals surface area contributed by atoms with Gasteiger partial charge in [-0.3, -0.25) is 0 Å². The van der Waals surface area contributed by atoms with Gasteiger partial charge >= 0.3 is 0 Å². The van der Waals surface area contributed by atoms with Crippen molar-refractivity contribution < 1.29 is 17.7 Å². The molecule has 0 amide bonds. The van der Waals surface area contributed by atoms with Crippen molar-refractivity contribution in [1.29, 1.82) is 0 Å². The zero-order valence-electron chi connectivity index (χ0n) is 11.4. The maximum atomic E-state index is 13.3. The van der Waals surface area contributed by atoms with Crippen molar-refractivity contribution in [2.24, 2.45) is 0 Å². The number of nitrogens with one attached hydrogen (secondary N) is 1. The quantitative estimate of drug-likeness (QED) is 0.866. The van der Waals surface area contributed by atoms with Gasteiger partial charge in [0.05, 0.1) is 5.41 Å². The molecule has 2 heterocycles. The van der Waals surface area contributed by atoms with Crippen LogP contribution in [-0.4, -0.2) is 23.2 Å². The van der Waals surface area contributed by atoms with Crippen LogP contribution >= 0.6 is 0 Å². The van der Waals surface area contributed by atoms with E-state index >= 15 is 0 Å². The van der Waals surface area contributed by atoms with E-state index in [1.54, 1.807) is 0 Å². The van der Waals surface area contributed by atoms with Crippen LogP contribution in [0.3, 0.4) is 0 Å². The van der Waals surface area contributed by atoms with E-state index in [9.17, 15) is 13.2 Å². The highest BCUT2D eigenvalue weighted by atomic mass is 19.2. The van der Waals surface area contributed by atoms with Gasteiger partial charge in [0.2, 0.25) is 11.7 Å². The Bertz CT molecular complexity index is 642. The topological polar surface area (TPSA) is 51.0 Å². The lowest BCUT2D eigenvalue weighted by Gasteiger charge is -2.30. The first-order valence-corrected chi connectivity index (χ1v) is 6.69. The summed E-state index contributed by atoms with van der Waals surface area (Å²) in [6, 6.07) is 1.71. The molecule has 4 nitrogen and oxygen atoms in total. The first kappa shape index (κ1) is 14.1. The minimum atomic E-state index is -1.51. The van der Waals surface area contributed by atoms with Gasteiger partial charge in [-0.1, -0.05) is 5.16 Å². The van der Waals surface area contributed by atoms with Gasteiger partial charge in [-0.2, -0.15) is 4.98 Å². The molecule has 1 unspecified atom stereocenters. The molecule has 1 aromatic heterocycles. The van der Waals surface area contributed by atoms with Gasteiger partial charge in [0, 0.05) is 12.1 Å². The van der Waals surface area contributed by atoms with Crippen molar-refractivity contribution >= 4 is 0 Å². The Morgan fingerprint density at radius 3 is 2.57 bits per heavy atom. The van der Waals surface area contributed by atoms with Crippen LogP contribution in [0, 0.1) is 17.5 Å². The summed E-state index contributed by atoms with van der Waals surface area (Å²) in [6.07, 6.45) is 1.86. The number of piperidine rings is 1. The lowest BCUT2D eigenvalue weighted by molar-refractivity contribution is 0.245. The highest BCUT2D eigenvalue weighted by Crippen LogP contribution is 2.31. The SMILES string of the molecule is CC1(c2nc(-c3cc(F)c(F)c(F)c3)no2)CCCNC1. The summed E-state index contributed by atoms with van der Waals surface area (Å²) in [5.41, 5.74) is -0.255. The minimum Gasteiger partial charge on any atom is -0.338 e. The van der Waals surface area contributed by atoms with Crippen molar-refractivity contribution in [1.82, 2.24) is 15.5 Å². The molecule has 0 radical (unpaired) electrons. The van der Waals surface area contributed by atoms with Crippen molar-refractivity contribution in [2.45, 2.75) is 25.2 Å². The van der Waals surface area contributed by atoms with Crippen molar-refractivity contribution in [3.05, 3.63) is 35.5 Å². The smallest absolute Gasteiger partial charge is 0.234 e. The summed E-state index contributed by atoms with van der Waals surface area (Å²) < 4.78 is 44.7. The number of benzene rings is 1. The molecule has 1 atom stereocenters. The van der Waals surface area contributed by atoms with Crippen LogP contribution in [0.4, 0.5) is 13.2 Å². The number of hydrogen-bond acceptors (Lipinski definition) is 4. The lowest BCUT2D eigenvalue weighted by atomic mass is 9.83. The summed E-state index contributed by atoms with van der Waals surface area (Å²) >= 11 is 0. The Morgan fingerprint density at radius 2 is 1.95 bits per heavy atom. The van der Waals surface area contributed by atoms with E-state index in [4.69, 9.17) is 4.52 Å². The standard InChI is InChI=1S/C14H14F3N3O/c1-14(3-2-4-18-7-14)13-19-12(20-21-13)8-5-9(15)11(17)10(16)6-8/h5-6,18H,2-4,7H2,1H3. The zero-order valence-corrected chi connectivity index (χ0v) is 11.4. The van der Waals surface area contributed by atoms with E-state index in [1.807, 2.05) is 6.92 Å². The third-order valence-corrected chi connectivity index (χ3v) is 3.78. The van der Waals surface area contributed by atoms with E-state index in [2.05, 4.69) is 15.5 Å². The second-order valence-corrected chi connectivity index (χ2v) is 5.52. The van der Waals surface area contributed by atoms with Gasteiger partial charge in [0.1, 0.15) is 0 Å². The molecule has 21 heavy (non-hydrogen) atoms. The second-order valence-electron chi connectivity index (χ2n) is 5.52. The van der Waals surface area contributed by atoms with Gasteiger partial charge in [0.25, 0.3) is 0 Å². The monoisotopic (exact) mass is 297 g/mol. The summed E-state index contributed by atoms with van der Waals surface area (Å²) in [5.74, 6) is -3.60. The molecule has 2 aromatic rings. The van der Waals surface area contributed by atoms with Crippen molar-refractivity contribution in [3.63, 3.8) is 0 Å². The second kappa shape index (κ2) is 5.14. The Kier molecular flexibility index (Phi) is 3.44. The largest absolute Gasteiger partial charge is 0.338 e. The Hall–Kier alpha value is -1.89. The lowest BCUT2D eigenvalue weighted by Crippen LogP contribution is -2.41. The molecule has 1 N–H and O–H groups in total. The highest BCUT2D eigenvalue weighted by Gasteiger charge is 2.34. The molecule has 0 saturated carbocycles. The van der Waals surface area contributed by atoms with Crippen LogP contribution in [0.15, 0.2) is 16.7 Å². The van der Waals surface area contributed by atoms with E-state index in [0.717, 1.165) is 31.5 Å². The number of hydrogen-bond donors (Lipinski definition) is 1. The van der Waals surface area contributed by atoms with E-state index in [-0.39, 0.29) is 16.8 Å². The molecule has 0 bridgehead atoms. The molecule has 1 aliphatic rings. The van der Waals surface area contributed by atoms with Gasteiger partial charge in [-0.25, -0.2) is 13.2 Å². The fourth-order valence-electron chi connectivity index (χ4n) is 2.51. The average molecular weight is 297 g/mol. The number of nitrogens with zero attached hydrogens (tertiary/aromatic N) is 2. The van der Waals surface area contributed by atoms with Crippen LogP contribution in [0.1, 0.15) is 25.7 Å². The molecule has 0 aliphatic carbocycles. The van der Waals surface area contributed by atoms with Crippen LogP contribution in [0.5, 0.6) is 0 Å². The summed E-state index contributed by atoms with van der Waals surface area (Å²) in [7, 11) is 0. The Morgan fingerprint density at radius 1 is 1.24 bits per heavy atom. The summed E-state index contributed by atoms with van der Waals surface area (Å²) in [4.78, 5) is 4.21. The van der Waals surface area contributed by atoms with Gasteiger partial charge in [-0.05, 0) is 38.4 Å². The van der Waals surface area contributed by atoms with Crippen molar-refractivity contribution in [2.75, 3.05) is 13.1 Å². The molecular weight excluding hydrogens is 283 g/mol. The molecule has 1 aromatic carbocycles. The maximum absolute atomic E-state index is 13.3. The Labute approximate surface area is 119 Å². The predicted octanol–water partition coefficient (Wildman–Crippen LogP) is 2.79. The number of rotatable bonds is 2. The minimum absolute atomic E-state index is 0.0498. The van der Waals surface area contributed by atoms with Gasteiger partial charge in [-0.15, -0.1) is 0 Å². The van der Waals surface area contributed by atoms with Crippen LogP contribution in [0.2, 0.25) is 0 Å². The number of halogens is 3. The van der Waals surface area contributed by atoms with Gasteiger partial charge in [0.15, 0.2) is 17.5 Å². The molecule has 112 valence electrons. The molecule has 1 fully saturated rings. The summed E-state index contributed by atoms with van der Waals surface area (Å²) in [5, 5.41) is 7.00. The maximum Gasteiger partial charge on any atom is 0.234 e. The first-order valence-electron chi connectivity index (χ1n) is 6.69. The van der Waals surface area contributed by atoms with E-state index in [1.165, 1.54) is 0 Å². The molecule has 3 rings (SSSR count). The third-order valence-electron chi connectivity index (χ3n) is 3.78. The highest BCUT2D eigenvalue weighted by molar-refractivity contribution is 5.54. The molecule has 1 saturated heterocycles. The fourth-order valence-corrected chi connectivity index (χ4v) is 2.51. The van der Waals surface area contributed by atoms with E-state index < -0.39 is 17.5 Å². The molecule has 7 heteroatoms. The van der Waals surface area contributed by atoms with Crippen LogP contribution in [-0.2, 0) is 5.41 Å². The number of aromatic nitrogens is 2. The van der Waals surface area contributed by atoms with Crippen molar-refractivity contribution in [3.8, 4) is 11.4 Å². The third kappa shape index (κ3) is 2.53. The molecule has 1 aliphatic heterocycles. The average Bonchev–Trinajstić information content (AvgIpc) is 2.95. The van der Waals surface area contributed by atoms with E-state index in [0.29, 0.717) is 12.4 Å². The van der Waals surface area contributed by atoms with Gasteiger partial charge < -0.3 is 9.84 Å². The summed E-state index contributed by atoms with van der Waals surface area (Å²) in [6.45, 7) is 3.62. The normalized spacial score (nSPS) is 22.5. The Balaban J connectivity index is 1.95. The predicted molar refractivity (Wildman–Crippen MR) is 69.1 cm³/mol.